The molecule has 38 heavy (non-hydrogen) atoms. The number of fused-ring (bicyclic) bond motifs is 1. The lowest BCUT2D eigenvalue weighted by molar-refractivity contribution is -0.143. The molecular formula is C25H27F6N3O3S. The zero-order valence-corrected chi connectivity index (χ0v) is 21.3. The first-order chi connectivity index (χ1) is 17.9. The smallest absolute Gasteiger partial charge is 0.416 e. The van der Waals surface area contributed by atoms with E-state index in [1.54, 1.807) is 11.3 Å². The van der Waals surface area contributed by atoms with Crippen molar-refractivity contribution in [1.82, 2.24) is 14.8 Å². The van der Waals surface area contributed by atoms with Gasteiger partial charge in [0.15, 0.2) is 0 Å². The minimum Gasteiger partial charge on any atom is -0.492 e. The summed E-state index contributed by atoms with van der Waals surface area (Å²) >= 11 is 1.60. The summed E-state index contributed by atoms with van der Waals surface area (Å²) in [5.74, 6) is 0.160. The molecule has 1 aliphatic heterocycles. The maximum absolute atomic E-state index is 13.0. The van der Waals surface area contributed by atoms with Crippen LogP contribution in [0.5, 0.6) is 11.5 Å². The number of piperazine rings is 1. The second kappa shape index (κ2) is 11.6. The number of aliphatic hydroxyl groups is 1. The highest BCUT2D eigenvalue weighted by molar-refractivity contribution is 7.18. The molecule has 2 aromatic carbocycles. The molecule has 6 nitrogen and oxygen atoms in total. The van der Waals surface area contributed by atoms with Crippen molar-refractivity contribution < 1.29 is 40.9 Å². The van der Waals surface area contributed by atoms with Gasteiger partial charge in [-0.15, -0.1) is 11.3 Å². The third kappa shape index (κ3) is 7.71. The van der Waals surface area contributed by atoms with Gasteiger partial charge in [-0.1, -0.05) is 0 Å². The quantitative estimate of drug-likeness (QED) is 0.367. The van der Waals surface area contributed by atoms with Crippen LogP contribution in [0.1, 0.15) is 16.1 Å². The van der Waals surface area contributed by atoms with Gasteiger partial charge in [-0.25, -0.2) is 4.98 Å². The number of β-amino-alcohol motifs (C(OH)–C–C–N with tert-alkyl or cyclic N) is 1. The lowest BCUT2D eigenvalue weighted by Gasteiger charge is -2.35. The van der Waals surface area contributed by atoms with E-state index in [4.69, 9.17) is 9.47 Å². The molecule has 0 radical (unpaired) electrons. The van der Waals surface area contributed by atoms with Gasteiger partial charge in [-0.2, -0.15) is 26.3 Å². The molecular weight excluding hydrogens is 536 g/mol. The van der Waals surface area contributed by atoms with E-state index >= 15 is 0 Å². The Bertz CT molecular complexity index is 1190. The molecule has 1 saturated heterocycles. The molecule has 0 amide bonds. The second-order valence-electron chi connectivity index (χ2n) is 9.06. The van der Waals surface area contributed by atoms with Crippen molar-refractivity contribution in [2.24, 2.45) is 0 Å². The molecule has 208 valence electrons. The molecule has 0 saturated carbocycles. The van der Waals surface area contributed by atoms with E-state index in [-0.39, 0.29) is 19.3 Å². The number of hydrogen-bond donors (Lipinski definition) is 1. The Morgan fingerprint density at radius 3 is 2.16 bits per heavy atom. The van der Waals surface area contributed by atoms with Crippen LogP contribution in [-0.2, 0) is 12.4 Å². The van der Waals surface area contributed by atoms with Crippen molar-refractivity contribution in [2.45, 2.75) is 25.4 Å². The van der Waals surface area contributed by atoms with E-state index in [0.717, 1.165) is 15.2 Å². The average molecular weight is 564 g/mol. The third-order valence-electron chi connectivity index (χ3n) is 6.08. The summed E-state index contributed by atoms with van der Waals surface area (Å²) in [7, 11) is 0. The molecule has 3 aromatic rings. The first-order valence-corrected chi connectivity index (χ1v) is 12.7. The molecule has 1 N–H and O–H groups in total. The van der Waals surface area contributed by atoms with Crippen molar-refractivity contribution in [3.05, 3.63) is 52.5 Å². The van der Waals surface area contributed by atoms with Crippen molar-refractivity contribution in [2.75, 3.05) is 52.5 Å². The topological polar surface area (TPSA) is 58.1 Å². The van der Waals surface area contributed by atoms with E-state index < -0.39 is 35.3 Å². The van der Waals surface area contributed by atoms with Crippen LogP contribution >= 0.6 is 11.3 Å². The number of aryl methyl sites for hydroxylation is 1. The van der Waals surface area contributed by atoms with Crippen LogP contribution in [0.25, 0.3) is 10.2 Å². The maximum atomic E-state index is 13.0. The number of thiazole rings is 1. The highest BCUT2D eigenvalue weighted by Crippen LogP contribution is 2.38. The predicted molar refractivity (Wildman–Crippen MR) is 131 cm³/mol. The SMILES string of the molecule is Cc1nc2cc(OCC(O)CN3CCN(CCOc4cc(C(F)(F)F)cc(C(F)(F)F)c4)CC3)ccc2s1. The molecule has 1 fully saturated rings. The second-order valence-corrected chi connectivity index (χ2v) is 10.3. The highest BCUT2D eigenvalue weighted by atomic mass is 32.1. The van der Waals surface area contributed by atoms with Gasteiger partial charge in [-0.3, -0.25) is 9.80 Å². The largest absolute Gasteiger partial charge is 0.492 e. The van der Waals surface area contributed by atoms with Gasteiger partial charge >= 0.3 is 12.4 Å². The molecule has 0 bridgehead atoms. The van der Waals surface area contributed by atoms with E-state index in [1.165, 1.54) is 0 Å². The first-order valence-electron chi connectivity index (χ1n) is 11.9. The van der Waals surface area contributed by atoms with E-state index in [1.807, 2.05) is 30.0 Å². The van der Waals surface area contributed by atoms with Gasteiger partial charge in [0.1, 0.15) is 30.8 Å². The Hall–Kier alpha value is -2.61. The molecule has 1 aliphatic rings. The molecule has 13 heteroatoms. The van der Waals surface area contributed by atoms with Crippen LogP contribution < -0.4 is 9.47 Å². The maximum Gasteiger partial charge on any atom is 0.416 e. The third-order valence-corrected chi connectivity index (χ3v) is 7.03. The molecule has 4 rings (SSSR count). The Balaban J connectivity index is 1.19. The number of ether oxygens (including phenoxy) is 2. The number of nitrogens with zero attached hydrogens (tertiary/aromatic N) is 3. The fourth-order valence-electron chi connectivity index (χ4n) is 4.15. The van der Waals surface area contributed by atoms with Crippen LogP contribution in [0, 0.1) is 6.92 Å². The summed E-state index contributed by atoms with van der Waals surface area (Å²) < 4.78 is 90.1. The predicted octanol–water partition coefficient (Wildman–Crippen LogP) is 5.08. The van der Waals surface area contributed by atoms with E-state index in [2.05, 4.69) is 9.88 Å². The molecule has 1 atom stereocenters. The van der Waals surface area contributed by atoms with Gasteiger partial charge < -0.3 is 14.6 Å². The summed E-state index contributed by atoms with van der Waals surface area (Å²) in [6, 6.07) is 6.85. The van der Waals surface area contributed by atoms with Gasteiger partial charge in [-0.05, 0) is 37.3 Å². The Morgan fingerprint density at radius 2 is 1.53 bits per heavy atom. The van der Waals surface area contributed by atoms with Crippen molar-refractivity contribution in [3.8, 4) is 11.5 Å². The van der Waals surface area contributed by atoms with Crippen molar-refractivity contribution >= 4 is 21.6 Å². The van der Waals surface area contributed by atoms with E-state index in [0.29, 0.717) is 57.2 Å². The molecule has 0 aliphatic carbocycles. The Labute approximate surface area is 219 Å². The Morgan fingerprint density at radius 1 is 0.895 bits per heavy atom. The van der Waals surface area contributed by atoms with Crippen molar-refractivity contribution in [1.29, 1.82) is 0 Å². The zero-order chi connectivity index (χ0) is 27.5. The van der Waals surface area contributed by atoms with Gasteiger partial charge in [0.25, 0.3) is 0 Å². The standard InChI is InChI=1S/C25H27F6N3O3S/c1-16-32-22-13-20(2-3-23(22)38-16)37-15-19(35)14-34-6-4-33(5-7-34)8-9-36-21-11-17(24(26,27)28)10-18(12-21)25(29,30)31/h2-3,10-13,19,35H,4-9,14-15H2,1H3. The number of aromatic nitrogens is 1. The lowest BCUT2D eigenvalue weighted by atomic mass is 10.1. The normalized spacial score (nSPS) is 16.6. The first kappa shape index (κ1) is 28.4. The highest BCUT2D eigenvalue weighted by Gasteiger charge is 2.37. The van der Waals surface area contributed by atoms with Crippen molar-refractivity contribution in [3.63, 3.8) is 0 Å². The minimum atomic E-state index is -4.92. The molecule has 1 unspecified atom stereocenters. The van der Waals surface area contributed by atoms with Crippen LogP contribution in [-0.4, -0.2) is 78.5 Å². The average Bonchev–Trinajstić information content (AvgIpc) is 3.22. The van der Waals surface area contributed by atoms with Crippen LogP contribution in [0.3, 0.4) is 0 Å². The summed E-state index contributed by atoms with van der Waals surface area (Å²) in [5.41, 5.74) is -1.96. The molecule has 1 aromatic heterocycles. The number of alkyl halides is 6. The fraction of sp³-hybridized carbons (Fsp3) is 0.480. The van der Waals surface area contributed by atoms with Gasteiger partial charge in [0.05, 0.1) is 26.4 Å². The van der Waals surface area contributed by atoms with Gasteiger partial charge in [0, 0.05) is 45.3 Å². The number of halogens is 6. The number of benzene rings is 2. The molecule has 0 spiro atoms. The summed E-state index contributed by atoms with van der Waals surface area (Å²) in [6.07, 6.45) is -10.5. The number of aliphatic hydroxyl groups excluding tert-OH is 1. The van der Waals surface area contributed by atoms with Crippen LogP contribution in [0.2, 0.25) is 0 Å². The van der Waals surface area contributed by atoms with Gasteiger partial charge in [0.2, 0.25) is 0 Å². The number of hydrogen-bond acceptors (Lipinski definition) is 7. The zero-order valence-electron chi connectivity index (χ0n) is 20.5. The van der Waals surface area contributed by atoms with E-state index in [9.17, 15) is 31.4 Å². The van der Waals surface area contributed by atoms with Crippen LogP contribution in [0.4, 0.5) is 26.3 Å². The molecule has 2 heterocycles. The van der Waals surface area contributed by atoms with Crippen LogP contribution in [0.15, 0.2) is 36.4 Å². The summed E-state index contributed by atoms with van der Waals surface area (Å²) in [5, 5.41) is 11.4. The number of rotatable bonds is 9. The fourth-order valence-corrected chi connectivity index (χ4v) is 4.96. The monoisotopic (exact) mass is 563 g/mol. The Kier molecular flexibility index (Phi) is 8.70. The summed E-state index contributed by atoms with van der Waals surface area (Å²) in [6.45, 7) is 5.28. The minimum absolute atomic E-state index is 0.0576. The lowest BCUT2D eigenvalue weighted by Crippen LogP contribution is -2.50. The summed E-state index contributed by atoms with van der Waals surface area (Å²) in [4.78, 5) is 8.50.